The van der Waals surface area contributed by atoms with E-state index in [2.05, 4.69) is 48.9 Å². The SMILES string of the molecule is COc1ccc2cc(-c3nc(C(C)(C)C)[nH]c3-c3cc[nH]c(=O)c3)ccc2c1. The fraction of sp³-hybridized carbons (Fsp3) is 0.217. The van der Waals surface area contributed by atoms with Crippen molar-refractivity contribution in [1.82, 2.24) is 15.0 Å². The molecule has 0 aliphatic rings. The third-order valence-corrected chi connectivity index (χ3v) is 4.80. The Hall–Kier alpha value is -3.34. The van der Waals surface area contributed by atoms with E-state index in [4.69, 9.17) is 9.72 Å². The fourth-order valence-corrected chi connectivity index (χ4v) is 3.24. The molecule has 2 heterocycles. The van der Waals surface area contributed by atoms with Crippen LogP contribution in [0.15, 0.2) is 59.5 Å². The molecule has 2 aromatic heterocycles. The van der Waals surface area contributed by atoms with Gasteiger partial charge in [-0.15, -0.1) is 0 Å². The van der Waals surface area contributed by atoms with Gasteiger partial charge >= 0.3 is 0 Å². The van der Waals surface area contributed by atoms with Crippen molar-refractivity contribution in [3.8, 4) is 28.3 Å². The maximum Gasteiger partial charge on any atom is 0.248 e. The number of aromatic amines is 2. The van der Waals surface area contributed by atoms with Gasteiger partial charge in [0.1, 0.15) is 11.6 Å². The van der Waals surface area contributed by atoms with E-state index in [1.807, 2.05) is 24.3 Å². The van der Waals surface area contributed by atoms with E-state index in [0.29, 0.717) is 0 Å². The number of nitrogens with one attached hydrogen (secondary N) is 2. The summed E-state index contributed by atoms with van der Waals surface area (Å²) in [5.74, 6) is 1.71. The molecule has 0 saturated heterocycles. The van der Waals surface area contributed by atoms with E-state index in [1.165, 1.54) is 0 Å². The summed E-state index contributed by atoms with van der Waals surface area (Å²) < 4.78 is 5.32. The molecule has 0 radical (unpaired) electrons. The van der Waals surface area contributed by atoms with Crippen LogP contribution in [0.5, 0.6) is 5.75 Å². The quantitative estimate of drug-likeness (QED) is 0.537. The number of imidazole rings is 1. The largest absolute Gasteiger partial charge is 0.497 e. The minimum Gasteiger partial charge on any atom is -0.497 e. The summed E-state index contributed by atoms with van der Waals surface area (Å²) >= 11 is 0. The Labute approximate surface area is 163 Å². The molecule has 0 aliphatic heterocycles. The van der Waals surface area contributed by atoms with Crippen LogP contribution in [0.3, 0.4) is 0 Å². The number of rotatable bonds is 3. The van der Waals surface area contributed by atoms with Gasteiger partial charge in [-0.05, 0) is 35.0 Å². The number of H-pyrrole nitrogens is 2. The molecule has 2 aromatic carbocycles. The number of methoxy groups -OCH3 is 1. The second kappa shape index (κ2) is 6.68. The maximum atomic E-state index is 11.8. The van der Waals surface area contributed by atoms with Gasteiger partial charge in [0.25, 0.3) is 0 Å². The summed E-state index contributed by atoms with van der Waals surface area (Å²) in [6.45, 7) is 6.34. The van der Waals surface area contributed by atoms with Crippen LogP contribution in [0.1, 0.15) is 26.6 Å². The zero-order chi connectivity index (χ0) is 19.9. The summed E-state index contributed by atoms with van der Waals surface area (Å²) in [5, 5.41) is 2.21. The molecule has 2 N–H and O–H groups in total. The van der Waals surface area contributed by atoms with Crippen LogP contribution in [0.4, 0.5) is 0 Å². The first-order valence-electron chi connectivity index (χ1n) is 9.23. The Morgan fingerprint density at radius 1 is 0.929 bits per heavy atom. The predicted octanol–water partition coefficient (Wildman–Crippen LogP) is 4.89. The summed E-state index contributed by atoms with van der Waals surface area (Å²) in [6.07, 6.45) is 1.66. The monoisotopic (exact) mass is 373 g/mol. The molecule has 0 amide bonds. The molecule has 4 aromatic rings. The topological polar surface area (TPSA) is 70.8 Å². The molecule has 0 fully saturated rings. The molecule has 142 valence electrons. The molecule has 5 nitrogen and oxygen atoms in total. The Morgan fingerprint density at radius 3 is 2.39 bits per heavy atom. The highest BCUT2D eigenvalue weighted by atomic mass is 16.5. The molecule has 0 aliphatic carbocycles. The number of pyridine rings is 1. The first-order valence-corrected chi connectivity index (χ1v) is 9.23. The molecule has 5 heteroatoms. The lowest BCUT2D eigenvalue weighted by molar-refractivity contribution is 0.415. The third-order valence-electron chi connectivity index (χ3n) is 4.80. The van der Waals surface area contributed by atoms with Crippen LogP contribution >= 0.6 is 0 Å². The normalized spacial score (nSPS) is 11.7. The second-order valence-corrected chi connectivity index (χ2v) is 7.93. The van der Waals surface area contributed by atoms with Crippen molar-refractivity contribution >= 4 is 10.8 Å². The van der Waals surface area contributed by atoms with Gasteiger partial charge < -0.3 is 14.7 Å². The Balaban J connectivity index is 1.92. The van der Waals surface area contributed by atoms with Crippen molar-refractivity contribution in [2.45, 2.75) is 26.2 Å². The van der Waals surface area contributed by atoms with Gasteiger partial charge in [-0.3, -0.25) is 4.79 Å². The zero-order valence-electron chi connectivity index (χ0n) is 16.5. The van der Waals surface area contributed by atoms with Crippen LogP contribution in [0.25, 0.3) is 33.3 Å². The molecular formula is C23H23N3O2. The van der Waals surface area contributed by atoms with Crippen molar-refractivity contribution in [2.24, 2.45) is 0 Å². The molecule has 0 saturated carbocycles. The number of hydrogen-bond donors (Lipinski definition) is 2. The van der Waals surface area contributed by atoms with Gasteiger partial charge in [0.05, 0.1) is 18.5 Å². The van der Waals surface area contributed by atoms with Gasteiger partial charge in [0, 0.05) is 28.8 Å². The van der Waals surface area contributed by atoms with Crippen molar-refractivity contribution in [2.75, 3.05) is 7.11 Å². The Morgan fingerprint density at radius 2 is 1.68 bits per heavy atom. The molecule has 28 heavy (non-hydrogen) atoms. The average molecular weight is 373 g/mol. The second-order valence-electron chi connectivity index (χ2n) is 7.93. The van der Waals surface area contributed by atoms with Crippen LogP contribution in [-0.4, -0.2) is 22.1 Å². The van der Waals surface area contributed by atoms with Crippen molar-refractivity contribution in [3.05, 3.63) is 70.9 Å². The van der Waals surface area contributed by atoms with Crippen molar-refractivity contribution < 1.29 is 4.74 Å². The number of nitrogens with zero attached hydrogens (tertiary/aromatic N) is 1. The first-order chi connectivity index (χ1) is 13.3. The minimum atomic E-state index is -0.140. The molecule has 0 bridgehead atoms. The van der Waals surface area contributed by atoms with E-state index < -0.39 is 0 Å². The molecule has 0 atom stereocenters. The summed E-state index contributed by atoms with van der Waals surface area (Å²) in [4.78, 5) is 22.9. The van der Waals surface area contributed by atoms with Crippen molar-refractivity contribution in [1.29, 1.82) is 0 Å². The van der Waals surface area contributed by atoms with Crippen molar-refractivity contribution in [3.63, 3.8) is 0 Å². The Kier molecular flexibility index (Phi) is 4.30. The zero-order valence-corrected chi connectivity index (χ0v) is 16.5. The third kappa shape index (κ3) is 3.31. The van der Waals surface area contributed by atoms with Crippen LogP contribution in [0.2, 0.25) is 0 Å². The van der Waals surface area contributed by atoms with Gasteiger partial charge in [0.15, 0.2) is 0 Å². The van der Waals surface area contributed by atoms with Crippen LogP contribution < -0.4 is 10.3 Å². The smallest absolute Gasteiger partial charge is 0.248 e. The van der Waals surface area contributed by atoms with E-state index in [9.17, 15) is 4.79 Å². The number of benzene rings is 2. The lowest BCUT2D eigenvalue weighted by Gasteiger charge is -2.14. The lowest BCUT2D eigenvalue weighted by Crippen LogP contribution is -2.13. The van der Waals surface area contributed by atoms with Crippen LogP contribution in [-0.2, 0) is 5.41 Å². The lowest BCUT2D eigenvalue weighted by atomic mass is 9.96. The fourth-order valence-electron chi connectivity index (χ4n) is 3.24. The summed E-state index contributed by atoms with van der Waals surface area (Å²) in [5.41, 5.74) is 3.23. The number of fused-ring (bicyclic) bond motifs is 1. The molecule has 4 rings (SSSR count). The van der Waals surface area contributed by atoms with E-state index in [-0.39, 0.29) is 11.0 Å². The first kappa shape index (κ1) is 18.0. The van der Waals surface area contributed by atoms with Gasteiger partial charge in [-0.2, -0.15) is 0 Å². The minimum absolute atomic E-state index is 0.138. The van der Waals surface area contributed by atoms with E-state index in [0.717, 1.165) is 44.9 Å². The molecule has 0 spiro atoms. The van der Waals surface area contributed by atoms with Crippen LogP contribution in [0, 0.1) is 0 Å². The highest BCUT2D eigenvalue weighted by Crippen LogP contribution is 2.34. The number of ether oxygens (including phenoxy) is 1. The van der Waals surface area contributed by atoms with E-state index in [1.54, 1.807) is 19.4 Å². The summed E-state index contributed by atoms with van der Waals surface area (Å²) in [6, 6.07) is 15.7. The maximum absolute atomic E-state index is 11.8. The van der Waals surface area contributed by atoms with Gasteiger partial charge in [0.2, 0.25) is 5.56 Å². The predicted molar refractivity (Wildman–Crippen MR) is 113 cm³/mol. The highest BCUT2D eigenvalue weighted by molar-refractivity contribution is 5.90. The average Bonchev–Trinajstić information content (AvgIpc) is 3.13. The van der Waals surface area contributed by atoms with E-state index >= 15 is 0 Å². The molecular weight excluding hydrogens is 350 g/mol. The Bertz CT molecular complexity index is 1210. The number of hydrogen-bond acceptors (Lipinski definition) is 3. The number of aromatic nitrogens is 3. The van der Waals surface area contributed by atoms with Gasteiger partial charge in [-0.25, -0.2) is 4.98 Å². The molecule has 0 unspecified atom stereocenters. The standard InChI is InChI=1S/C23H23N3O2/c1-23(2,3)22-25-20(21(26-22)17-9-10-24-19(27)13-17)16-6-5-15-12-18(28-4)8-7-14(15)11-16/h5-13H,1-4H3,(H,24,27)(H,25,26). The van der Waals surface area contributed by atoms with Gasteiger partial charge in [-0.1, -0.05) is 39.0 Å². The highest BCUT2D eigenvalue weighted by Gasteiger charge is 2.22. The summed E-state index contributed by atoms with van der Waals surface area (Å²) in [7, 11) is 1.67.